The molecule has 150 valence electrons. The lowest BCUT2D eigenvalue weighted by Gasteiger charge is -2.34. The summed E-state index contributed by atoms with van der Waals surface area (Å²) in [6, 6.07) is 16.6. The summed E-state index contributed by atoms with van der Waals surface area (Å²) in [5, 5.41) is 14.7. The molecular weight excluding hydrogens is 376 g/mol. The first kappa shape index (κ1) is 20.4. The van der Waals surface area contributed by atoms with Crippen LogP contribution in [-0.4, -0.2) is 43.2 Å². The molecule has 1 fully saturated rings. The summed E-state index contributed by atoms with van der Waals surface area (Å²) < 4.78 is 22.6. The molecule has 1 saturated heterocycles. The first-order chi connectivity index (χ1) is 13.3. The molecule has 3 N–H and O–H groups in total. The third-order valence-electron chi connectivity index (χ3n) is 5.27. The number of piperidine rings is 1. The quantitative estimate of drug-likeness (QED) is 0.774. The maximum atomic E-state index is 13.3. The Morgan fingerprint density at radius 2 is 1.68 bits per heavy atom. The number of rotatable bonds is 6. The van der Waals surface area contributed by atoms with Crippen LogP contribution in [0.25, 0.3) is 0 Å². The SMILES string of the molecule is NS(=O)(=O)CC1CCN(C(=O)C(Cc2ccc(O)cc2)c2ccccc2)CC1. The van der Waals surface area contributed by atoms with Crippen LogP contribution in [0.1, 0.15) is 29.9 Å². The number of phenols is 1. The Labute approximate surface area is 166 Å². The van der Waals surface area contributed by atoms with Crippen molar-refractivity contribution in [2.75, 3.05) is 18.8 Å². The second-order valence-corrected chi connectivity index (χ2v) is 9.09. The molecular formula is C21H26N2O4S. The van der Waals surface area contributed by atoms with Gasteiger partial charge in [0, 0.05) is 13.1 Å². The topological polar surface area (TPSA) is 101 Å². The molecule has 1 atom stereocenters. The molecule has 7 heteroatoms. The van der Waals surface area contributed by atoms with Crippen LogP contribution in [0.3, 0.4) is 0 Å². The van der Waals surface area contributed by atoms with Crippen molar-refractivity contribution in [1.29, 1.82) is 0 Å². The maximum absolute atomic E-state index is 13.3. The van der Waals surface area contributed by atoms with Crippen LogP contribution in [-0.2, 0) is 21.2 Å². The van der Waals surface area contributed by atoms with Crippen molar-refractivity contribution in [3.05, 3.63) is 65.7 Å². The molecule has 0 radical (unpaired) electrons. The fraction of sp³-hybridized carbons (Fsp3) is 0.381. The number of hydrogen-bond donors (Lipinski definition) is 2. The summed E-state index contributed by atoms with van der Waals surface area (Å²) in [4.78, 5) is 15.1. The van der Waals surface area contributed by atoms with Crippen LogP contribution in [0.5, 0.6) is 5.75 Å². The van der Waals surface area contributed by atoms with Crippen molar-refractivity contribution in [3.8, 4) is 5.75 Å². The van der Waals surface area contributed by atoms with E-state index >= 15 is 0 Å². The number of phenolic OH excluding ortho intramolecular Hbond substituents is 1. The molecule has 6 nitrogen and oxygen atoms in total. The Bertz CT molecular complexity index is 890. The van der Waals surface area contributed by atoms with Crippen molar-refractivity contribution in [3.63, 3.8) is 0 Å². The number of sulfonamides is 1. The highest BCUT2D eigenvalue weighted by atomic mass is 32.2. The summed E-state index contributed by atoms with van der Waals surface area (Å²) in [5.74, 6) is -0.0894. The number of carbonyl (C=O) groups is 1. The number of aromatic hydroxyl groups is 1. The lowest BCUT2D eigenvalue weighted by molar-refractivity contribution is -0.134. The minimum Gasteiger partial charge on any atom is -0.508 e. The normalized spacial score (nSPS) is 16.7. The number of benzene rings is 2. The van der Waals surface area contributed by atoms with Gasteiger partial charge < -0.3 is 10.0 Å². The van der Waals surface area contributed by atoms with E-state index in [0.29, 0.717) is 32.4 Å². The average molecular weight is 403 g/mol. The van der Waals surface area contributed by atoms with Gasteiger partial charge in [-0.1, -0.05) is 42.5 Å². The summed E-state index contributed by atoms with van der Waals surface area (Å²) >= 11 is 0. The predicted molar refractivity (Wildman–Crippen MR) is 108 cm³/mol. The zero-order valence-electron chi connectivity index (χ0n) is 15.7. The van der Waals surface area contributed by atoms with Gasteiger partial charge in [0.2, 0.25) is 15.9 Å². The first-order valence-electron chi connectivity index (χ1n) is 9.44. The monoisotopic (exact) mass is 402 g/mol. The van der Waals surface area contributed by atoms with Crippen LogP contribution in [0.4, 0.5) is 0 Å². The lowest BCUT2D eigenvalue weighted by Crippen LogP contribution is -2.43. The van der Waals surface area contributed by atoms with E-state index in [4.69, 9.17) is 5.14 Å². The van der Waals surface area contributed by atoms with Gasteiger partial charge >= 0.3 is 0 Å². The summed E-state index contributed by atoms with van der Waals surface area (Å²) in [5.41, 5.74) is 1.93. The molecule has 1 aliphatic rings. The molecule has 0 aliphatic carbocycles. The van der Waals surface area contributed by atoms with Gasteiger partial charge in [0.25, 0.3) is 0 Å². The molecule has 0 bridgehead atoms. The van der Waals surface area contributed by atoms with Gasteiger partial charge in [-0.15, -0.1) is 0 Å². The second kappa shape index (κ2) is 8.75. The van der Waals surface area contributed by atoms with Gasteiger partial charge in [0.05, 0.1) is 11.7 Å². The first-order valence-corrected chi connectivity index (χ1v) is 11.2. The summed E-state index contributed by atoms with van der Waals surface area (Å²) in [6.07, 6.45) is 1.83. The molecule has 28 heavy (non-hydrogen) atoms. The molecule has 1 heterocycles. The van der Waals surface area contributed by atoms with Gasteiger partial charge in [0.1, 0.15) is 5.75 Å². The molecule has 2 aromatic rings. The van der Waals surface area contributed by atoms with E-state index in [9.17, 15) is 18.3 Å². The van der Waals surface area contributed by atoms with Crippen LogP contribution < -0.4 is 5.14 Å². The van der Waals surface area contributed by atoms with Gasteiger partial charge in [-0.3, -0.25) is 4.79 Å². The van der Waals surface area contributed by atoms with Gasteiger partial charge in [-0.2, -0.15) is 0 Å². The minimum absolute atomic E-state index is 0.00586. The molecule has 0 saturated carbocycles. The van der Waals surface area contributed by atoms with Crippen molar-refractivity contribution >= 4 is 15.9 Å². The lowest BCUT2D eigenvalue weighted by atomic mass is 9.89. The fourth-order valence-electron chi connectivity index (χ4n) is 3.77. The number of carbonyl (C=O) groups excluding carboxylic acids is 1. The van der Waals surface area contributed by atoms with E-state index in [1.807, 2.05) is 47.4 Å². The van der Waals surface area contributed by atoms with Gasteiger partial charge in [0.15, 0.2) is 0 Å². The van der Waals surface area contributed by atoms with Crippen LogP contribution in [0.2, 0.25) is 0 Å². The van der Waals surface area contributed by atoms with Crippen LogP contribution in [0, 0.1) is 5.92 Å². The minimum atomic E-state index is -3.49. The van der Waals surface area contributed by atoms with E-state index in [1.54, 1.807) is 12.1 Å². The Morgan fingerprint density at radius 3 is 2.25 bits per heavy atom. The molecule has 0 spiro atoms. The Morgan fingerprint density at radius 1 is 1.07 bits per heavy atom. The molecule has 1 amide bonds. The van der Waals surface area contributed by atoms with Crippen molar-refractivity contribution < 1.29 is 18.3 Å². The number of nitrogens with two attached hydrogens (primary N) is 1. The maximum Gasteiger partial charge on any atom is 0.230 e. The van der Waals surface area contributed by atoms with Crippen molar-refractivity contribution in [2.24, 2.45) is 11.1 Å². The molecule has 2 aromatic carbocycles. The third kappa shape index (κ3) is 5.56. The average Bonchev–Trinajstić information content (AvgIpc) is 2.67. The second-order valence-electron chi connectivity index (χ2n) is 7.43. The molecule has 0 aromatic heterocycles. The Balaban J connectivity index is 1.73. The zero-order chi connectivity index (χ0) is 20.1. The van der Waals surface area contributed by atoms with Crippen LogP contribution in [0.15, 0.2) is 54.6 Å². The van der Waals surface area contributed by atoms with Crippen LogP contribution >= 0.6 is 0 Å². The molecule has 3 rings (SSSR count). The van der Waals surface area contributed by atoms with E-state index in [2.05, 4.69) is 0 Å². The van der Waals surface area contributed by atoms with E-state index in [-0.39, 0.29) is 29.2 Å². The predicted octanol–water partition coefficient (Wildman–Crippen LogP) is 2.25. The van der Waals surface area contributed by atoms with Crippen molar-refractivity contribution in [2.45, 2.75) is 25.2 Å². The molecule has 1 unspecified atom stereocenters. The highest BCUT2D eigenvalue weighted by Crippen LogP contribution is 2.27. The highest BCUT2D eigenvalue weighted by Gasteiger charge is 2.30. The number of nitrogens with zero attached hydrogens (tertiary/aromatic N) is 1. The largest absolute Gasteiger partial charge is 0.508 e. The van der Waals surface area contributed by atoms with E-state index < -0.39 is 10.0 Å². The zero-order valence-corrected chi connectivity index (χ0v) is 16.5. The summed E-state index contributed by atoms with van der Waals surface area (Å²) in [7, 11) is -3.49. The highest BCUT2D eigenvalue weighted by molar-refractivity contribution is 7.89. The smallest absolute Gasteiger partial charge is 0.230 e. The Kier molecular flexibility index (Phi) is 6.36. The number of amides is 1. The van der Waals surface area contributed by atoms with E-state index in [1.165, 1.54) is 0 Å². The number of likely N-dealkylation sites (tertiary alicyclic amines) is 1. The molecule has 1 aliphatic heterocycles. The van der Waals surface area contributed by atoms with Gasteiger partial charge in [-0.25, -0.2) is 13.6 Å². The third-order valence-corrected chi connectivity index (χ3v) is 6.21. The standard InChI is InChI=1S/C21H26N2O4S/c22-28(26,27)15-17-10-12-23(13-11-17)21(25)20(18-4-2-1-3-5-18)14-16-6-8-19(24)9-7-16/h1-9,17,20,24H,10-15H2,(H2,22,26,27). The van der Waals surface area contributed by atoms with Gasteiger partial charge in [-0.05, 0) is 48.4 Å². The summed E-state index contributed by atoms with van der Waals surface area (Å²) in [6.45, 7) is 1.08. The fourth-order valence-corrected chi connectivity index (χ4v) is 4.76. The Hall–Kier alpha value is -2.38. The van der Waals surface area contributed by atoms with E-state index in [0.717, 1.165) is 11.1 Å². The number of hydrogen-bond acceptors (Lipinski definition) is 4. The van der Waals surface area contributed by atoms with Crippen molar-refractivity contribution in [1.82, 2.24) is 4.90 Å². The number of primary sulfonamides is 1.